The second-order valence-corrected chi connectivity index (χ2v) is 8.43. The third-order valence-electron chi connectivity index (χ3n) is 6.38. The van der Waals surface area contributed by atoms with Crippen molar-refractivity contribution in [3.63, 3.8) is 0 Å². The number of nitrogens with one attached hydrogen (secondary N) is 1. The van der Waals surface area contributed by atoms with Gasteiger partial charge in [0.2, 0.25) is 0 Å². The highest BCUT2D eigenvalue weighted by Crippen LogP contribution is 2.26. The van der Waals surface area contributed by atoms with Gasteiger partial charge in [0.05, 0.1) is 30.5 Å². The molecule has 0 bridgehead atoms. The quantitative estimate of drug-likeness (QED) is 0.816. The monoisotopic (exact) mass is 409 g/mol. The van der Waals surface area contributed by atoms with Gasteiger partial charge in [-0.25, -0.2) is 0 Å². The largest absolute Gasteiger partial charge is 0.373 e. The number of amides is 2. The molecule has 2 aliphatic heterocycles. The minimum absolute atomic E-state index is 0.0211. The molecule has 0 saturated carbocycles. The number of aromatic nitrogens is 1. The lowest BCUT2D eigenvalue weighted by atomic mass is 10.0. The van der Waals surface area contributed by atoms with Crippen molar-refractivity contribution in [1.29, 1.82) is 0 Å². The Morgan fingerprint density at radius 2 is 2.00 bits per heavy atom. The zero-order valence-electron chi connectivity index (χ0n) is 18.1. The van der Waals surface area contributed by atoms with E-state index >= 15 is 0 Å². The van der Waals surface area contributed by atoms with E-state index in [4.69, 9.17) is 4.74 Å². The van der Waals surface area contributed by atoms with Crippen LogP contribution in [0.2, 0.25) is 0 Å². The molecule has 0 radical (unpaired) electrons. The van der Waals surface area contributed by atoms with Crippen LogP contribution in [0.4, 0.5) is 0 Å². The molecule has 0 spiro atoms. The van der Waals surface area contributed by atoms with Crippen molar-refractivity contribution < 1.29 is 14.3 Å². The Bertz CT molecular complexity index is 932. The normalized spacial score (nSPS) is 19.4. The van der Waals surface area contributed by atoms with Gasteiger partial charge >= 0.3 is 0 Å². The Balaban J connectivity index is 1.61. The van der Waals surface area contributed by atoms with E-state index in [1.54, 1.807) is 6.07 Å². The van der Waals surface area contributed by atoms with Crippen molar-refractivity contribution in [2.45, 2.75) is 65.3 Å². The molecule has 2 aliphatic rings. The van der Waals surface area contributed by atoms with Crippen LogP contribution in [-0.2, 0) is 17.9 Å². The molecule has 6 nitrogen and oxygen atoms in total. The first-order chi connectivity index (χ1) is 14.5. The number of carbonyl (C=O) groups excluding carboxylic acids is 2. The van der Waals surface area contributed by atoms with Gasteiger partial charge in [-0.05, 0) is 44.7 Å². The van der Waals surface area contributed by atoms with Crippen LogP contribution in [0.15, 0.2) is 30.3 Å². The van der Waals surface area contributed by atoms with Gasteiger partial charge in [-0.2, -0.15) is 0 Å². The highest BCUT2D eigenvalue weighted by molar-refractivity contribution is 6.01. The lowest BCUT2D eigenvalue weighted by molar-refractivity contribution is 0.0683. The summed E-state index contributed by atoms with van der Waals surface area (Å²) in [5.74, 6) is -0.127. The summed E-state index contributed by atoms with van der Waals surface area (Å²) in [6.45, 7) is 8.50. The van der Waals surface area contributed by atoms with E-state index in [2.05, 4.69) is 50.4 Å². The Morgan fingerprint density at radius 3 is 2.67 bits per heavy atom. The molecule has 2 unspecified atom stereocenters. The van der Waals surface area contributed by atoms with Crippen molar-refractivity contribution in [1.82, 2.24) is 14.8 Å². The predicted octanol–water partition coefficient (Wildman–Crippen LogP) is 3.83. The van der Waals surface area contributed by atoms with Crippen LogP contribution in [0.1, 0.15) is 76.8 Å². The van der Waals surface area contributed by atoms with Crippen molar-refractivity contribution in [3.8, 4) is 0 Å². The molecule has 30 heavy (non-hydrogen) atoms. The summed E-state index contributed by atoms with van der Waals surface area (Å²) in [6, 6.07) is 10.2. The van der Waals surface area contributed by atoms with E-state index in [1.165, 1.54) is 5.56 Å². The number of aryl methyl sites for hydroxylation is 1. The van der Waals surface area contributed by atoms with Gasteiger partial charge in [0, 0.05) is 19.1 Å². The minimum Gasteiger partial charge on any atom is -0.373 e. The number of rotatable bonds is 5. The van der Waals surface area contributed by atoms with Crippen molar-refractivity contribution >= 4 is 11.8 Å². The summed E-state index contributed by atoms with van der Waals surface area (Å²) in [5.41, 5.74) is 4.24. The SMILES string of the molecule is CCC(NC(=O)c1cc(C(=O)N2CCCC2C)n2c1COCC2)c1ccc(C)cc1. The van der Waals surface area contributed by atoms with E-state index in [9.17, 15) is 9.59 Å². The van der Waals surface area contributed by atoms with E-state index in [0.29, 0.717) is 31.0 Å². The summed E-state index contributed by atoms with van der Waals surface area (Å²) >= 11 is 0. The number of fused-ring (bicyclic) bond motifs is 1. The van der Waals surface area contributed by atoms with Gasteiger partial charge in [-0.3, -0.25) is 9.59 Å². The maximum absolute atomic E-state index is 13.2. The topological polar surface area (TPSA) is 63.6 Å². The maximum atomic E-state index is 13.2. The first-order valence-corrected chi connectivity index (χ1v) is 11.0. The fourth-order valence-corrected chi connectivity index (χ4v) is 4.54. The minimum atomic E-state index is -0.148. The molecule has 1 aromatic heterocycles. The molecule has 1 saturated heterocycles. The lowest BCUT2D eigenvalue weighted by Gasteiger charge is -2.24. The molecule has 160 valence electrons. The van der Waals surface area contributed by atoms with Crippen molar-refractivity contribution in [2.24, 2.45) is 0 Å². The average molecular weight is 410 g/mol. The van der Waals surface area contributed by atoms with Crippen LogP contribution >= 0.6 is 0 Å². The van der Waals surface area contributed by atoms with Crippen LogP contribution in [0.25, 0.3) is 0 Å². The van der Waals surface area contributed by atoms with Gasteiger partial charge < -0.3 is 19.5 Å². The smallest absolute Gasteiger partial charge is 0.270 e. The van der Waals surface area contributed by atoms with Crippen LogP contribution in [0.5, 0.6) is 0 Å². The third kappa shape index (κ3) is 3.88. The molecule has 0 aliphatic carbocycles. The molecule has 1 N–H and O–H groups in total. The van der Waals surface area contributed by atoms with Crippen LogP contribution in [0.3, 0.4) is 0 Å². The summed E-state index contributed by atoms with van der Waals surface area (Å²) in [7, 11) is 0. The molecular weight excluding hydrogens is 378 g/mol. The van der Waals surface area contributed by atoms with Crippen molar-refractivity contribution in [3.05, 3.63) is 58.4 Å². The molecule has 4 rings (SSSR count). The first kappa shape index (κ1) is 20.7. The fourth-order valence-electron chi connectivity index (χ4n) is 4.54. The van der Waals surface area contributed by atoms with Gasteiger partial charge in [-0.1, -0.05) is 36.8 Å². The summed E-state index contributed by atoms with van der Waals surface area (Å²) in [4.78, 5) is 28.4. The Morgan fingerprint density at radius 1 is 1.23 bits per heavy atom. The lowest BCUT2D eigenvalue weighted by Crippen LogP contribution is -2.35. The molecule has 2 atom stereocenters. The Hall–Kier alpha value is -2.60. The highest BCUT2D eigenvalue weighted by atomic mass is 16.5. The van der Waals surface area contributed by atoms with Gasteiger partial charge in [-0.15, -0.1) is 0 Å². The number of benzene rings is 1. The predicted molar refractivity (Wildman–Crippen MR) is 115 cm³/mol. The van der Waals surface area contributed by atoms with Gasteiger partial charge in [0.25, 0.3) is 11.8 Å². The first-order valence-electron chi connectivity index (χ1n) is 11.0. The molecular formula is C24H31N3O3. The number of hydrogen-bond donors (Lipinski definition) is 1. The third-order valence-corrected chi connectivity index (χ3v) is 6.38. The van der Waals surface area contributed by atoms with Crippen LogP contribution in [-0.4, -0.2) is 40.5 Å². The summed E-state index contributed by atoms with van der Waals surface area (Å²) in [6.07, 6.45) is 2.86. The van der Waals surface area contributed by atoms with E-state index in [0.717, 1.165) is 37.1 Å². The Labute approximate surface area is 178 Å². The second kappa shape index (κ2) is 8.64. The highest BCUT2D eigenvalue weighted by Gasteiger charge is 2.32. The Kier molecular flexibility index (Phi) is 5.95. The number of hydrogen-bond acceptors (Lipinski definition) is 3. The molecule has 2 aromatic rings. The summed E-state index contributed by atoms with van der Waals surface area (Å²) < 4.78 is 7.61. The second-order valence-electron chi connectivity index (χ2n) is 8.43. The standard InChI is InChI=1S/C24H31N3O3/c1-4-20(18-9-7-16(2)8-10-18)25-23(28)19-14-21(27-12-13-30-15-22(19)27)24(29)26-11-5-6-17(26)3/h7-10,14,17,20H,4-6,11-13,15H2,1-3H3,(H,25,28). The summed E-state index contributed by atoms with van der Waals surface area (Å²) in [5, 5.41) is 3.17. The van der Waals surface area contributed by atoms with Crippen LogP contribution in [0, 0.1) is 6.92 Å². The average Bonchev–Trinajstić information content (AvgIpc) is 3.36. The number of likely N-dealkylation sites (tertiary alicyclic amines) is 1. The maximum Gasteiger partial charge on any atom is 0.270 e. The fraction of sp³-hybridized carbons (Fsp3) is 0.500. The number of carbonyl (C=O) groups is 2. The van der Waals surface area contributed by atoms with Crippen molar-refractivity contribution in [2.75, 3.05) is 13.2 Å². The zero-order valence-corrected chi connectivity index (χ0v) is 18.1. The van der Waals surface area contributed by atoms with Gasteiger partial charge in [0.1, 0.15) is 5.69 Å². The molecule has 1 fully saturated rings. The van der Waals surface area contributed by atoms with E-state index < -0.39 is 0 Å². The molecule has 3 heterocycles. The van der Waals surface area contributed by atoms with E-state index in [1.807, 2.05) is 9.47 Å². The van der Waals surface area contributed by atoms with E-state index in [-0.39, 0.29) is 23.9 Å². The van der Waals surface area contributed by atoms with Gasteiger partial charge in [0.15, 0.2) is 0 Å². The molecule has 2 amide bonds. The van der Waals surface area contributed by atoms with Crippen LogP contribution < -0.4 is 5.32 Å². The molecule has 1 aromatic carbocycles. The number of nitrogens with zero attached hydrogens (tertiary/aromatic N) is 2. The number of ether oxygens (including phenoxy) is 1. The zero-order chi connectivity index (χ0) is 21.3. The molecule has 6 heteroatoms.